The molecule has 10 nitrogen and oxygen atoms in total. The Kier molecular flexibility index (Phi) is 7.05. The van der Waals surface area contributed by atoms with Gasteiger partial charge in [-0.3, -0.25) is 20.2 Å². The van der Waals surface area contributed by atoms with Crippen LogP contribution in [-0.4, -0.2) is 14.9 Å². The average molecular weight is 467 g/mol. The molecular weight excluding hydrogens is 455 g/mol. The van der Waals surface area contributed by atoms with Crippen LogP contribution in [0.5, 0.6) is 0 Å². The van der Waals surface area contributed by atoms with E-state index in [0.29, 0.717) is 12.1 Å². The molecule has 0 saturated heterocycles. The van der Waals surface area contributed by atoms with Crippen molar-refractivity contribution in [3.8, 4) is 0 Å². The molecule has 0 aliphatic rings. The van der Waals surface area contributed by atoms with Gasteiger partial charge in [0.25, 0.3) is 0 Å². The van der Waals surface area contributed by atoms with Gasteiger partial charge in [0.15, 0.2) is 0 Å². The van der Waals surface area contributed by atoms with Crippen LogP contribution < -0.4 is 0 Å². The molecule has 0 heterocycles. The second kappa shape index (κ2) is 9.13. The summed E-state index contributed by atoms with van der Waals surface area (Å²) >= 11 is 11.7. The molecule has 0 spiro atoms. The van der Waals surface area contributed by atoms with Gasteiger partial charge in [-0.05, 0) is 13.8 Å². The first-order chi connectivity index (χ1) is 13.9. The van der Waals surface area contributed by atoms with Gasteiger partial charge < -0.3 is 0 Å². The first-order valence-corrected chi connectivity index (χ1v) is 8.75. The zero-order valence-corrected chi connectivity index (χ0v) is 16.7. The van der Waals surface area contributed by atoms with Crippen molar-refractivity contribution in [3.63, 3.8) is 0 Å². The first-order valence-electron chi connectivity index (χ1n) is 7.99. The van der Waals surface area contributed by atoms with Crippen LogP contribution in [0.15, 0.2) is 24.3 Å². The van der Waals surface area contributed by atoms with E-state index in [-0.39, 0.29) is 26.3 Å². The molecule has 0 aromatic heterocycles. The number of nitrogens with zero attached hydrogens (tertiary/aromatic N) is 3. The minimum atomic E-state index is -1.21. The number of nitro benzene ring substituents is 2. The van der Waals surface area contributed by atoms with Crippen molar-refractivity contribution in [3.05, 3.63) is 82.2 Å². The molecule has 2 unspecified atom stereocenters. The van der Waals surface area contributed by atoms with Gasteiger partial charge in [0, 0.05) is 35.4 Å². The maximum Gasteiger partial charge on any atom is 0.478 e. The largest absolute Gasteiger partial charge is 0.478 e. The molecular formula is C16H12Cl2F2N3O7+. The van der Waals surface area contributed by atoms with Crippen molar-refractivity contribution in [2.45, 2.75) is 26.1 Å². The SMILES string of the molecule is CC(O[N+](=O)OC(C)c1cc([N+](=O)[O-])c(F)cc1Cl)c1cc([N+](=O)[O-])c(F)cc1Cl. The quantitative estimate of drug-likeness (QED) is 0.368. The van der Waals surface area contributed by atoms with Crippen molar-refractivity contribution in [2.24, 2.45) is 0 Å². The van der Waals surface area contributed by atoms with E-state index < -0.39 is 45.1 Å². The van der Waals surface area contributed by atoms with Crippen LogP contribution in [0, 0.1) is 36.8 Å². The monoisotopic (exact) mass is 466 g/mol. The van der Waals surface area contributed by atoms with E-state index in [9.17, 15) is 33.9 Å². The molecule has 0 saturated carbocycles. The molecule has 0 N–H and O–H groups in total. The van der Waals surface area contributed by atoms with Crippen LogP contribution in [0.25, 0.3) is 0 Å². The molecule has 0 aliphatic carbocycles. The highest BCUT2D eigenvalue weighted by Crippen LogP contribution is 2.34. The molecule has 30 heavy (non-hydrogen) atoms. The fourth-order valence-corrected chi connectivity index (χ4v) is 3.01. The Hall–Kier alpha value is -3.12. The minimum Gasteiger partial charge on any atom is -0.258 e. The van der Waals surface area contributed by atoms with E-state index in [1.54, 1.807) is 0 Å². The predicted molar refractivity (Wildman–Crippen MR) is 98.8 cm³/mol. The van der Waals surface area contributed by atoms with Crippen molar-refractivity contribution < 1.29 is 33.4 Å². The maximum atomic E-state index is 13.6. The summed E-state index contributed by atoms with van der Waals surface area (Å²) in [4.78, 5) is 41.6. The highest BCUT2D eigenvalue weighted by Gasteiger charge is 2.30. The number of hydrogen-bond donors (Lipinski definition) is 0. The van der Waals surface area contributed by atoms with Gasteiger partial charge in [-0.15, -0.1) is 0 Å². The molecule has 0 amide bonds. The highest BCUT2D eigenvalue weighted by atomic mass is 35.5. The van der Waals surface area contributed by atoms with E-state index in [1.165, 1.54) is 13.8 Å². The average Bonchev–Trinajstić information content (AvgIpc) is 2.60. The molecule has 0 radical (unpaired) electrons. The summed E-state index contributed by atoms with van der Waals surface area (Å²) in [5.74, 6) is -2.34. The Bertz CT molecular complexity index is 959. The van der Waals surface area contributed by atoms with Crippen LogP contribution in [0.1, 0.15) is 37.2 Å². The number of hydrogen-bond acceptors (Lipinski definition) is 7. The van der Waals surface area contributed by atoms with Crippen LogP contribution in [0.4, 0.5) is 20.2 Å². The van der Waals surface area contributed by atoms with Crippen LogP contribution in [0.2, 0.25) is 10.0 Å². The highest BCUT2D eigenvalue weighted by molar-refractivity contribution is 6.31. The van der Waals surface area contributed by atoms with Crippen molar-refractivity contribution >= 4 is 34.6 Å². The molecule has 2 atom stereocenters. The summed E-state index contributed by atoms with van der Waals surface area (Å²) in [7, 11) is 0. The Balaban J connectivity index is 2.18. The van der Waals surface area contributed by atoms with E-state index in [1.807, 2.05) is 0 Å². The van der Waals surface area contributed by atoms with Gasteiger partial charge in [0.1, 0.15) is 4.91 Å². The maximum absolute atomic E-state index is 13.6. The molecule has 2 aromatic carbocycles. The first kappa shape index (κ1) is 23.2. The van der Waals surface area contributed by atoms with Crippen LogP contribution >= 0.6 is 23.2 Å². The lowest BCUT2D eigenvalue weighted by molar-refractivity contribution is -0.995. The standard InChI is InChI=1S/C16H12Cl2F2N3O7/c1-7(9-3-15(21(24)25)13(19)5-11(9)17)29-23(28)30-8(2)10-4-16(22(26)27)14(20)6-12(10)18/h3-8H,1-2H3/q+1. The molecule has 160 valence electrons. The third-order valence-electron chi connectivity index (χ3n) is 3.89. The molecule has 0 bridgehead atoms. The molecule has 14 heteroatoms. The lowest BCUT2D eigenvalue weighted by atomic mass is 10.1. The molecule has 0 aliphatic heterocycles. The molecule has 2 rings (SSSR count). The second-order valence-corrected chi connectivity index (χ2v) is 6.70. The van der Waals surface area contributed by atoms with Crippen LogP contribution in [-0.2, 0) is 9.68 Å². The number of rotatable bonds is 8. The Morgan fingerprint density at radius 3 is 1.43 bits per heavy atom. The third-order valence-corrected chi connectivity index (χ3v) is 4.54. The lowest BCUT2D eigenvalue weighted by Gasteiger charge is -2.11. The Morgan fingerprint density at radius 2 is 1.13 bits per heavy atom. The predicted octanol–water partition coefficient (Wildman–Crippen LogP) is 5.55. The summed E-state index contributed by atoms with van der Waals surface area (Å²) in [6, 6.07) is 3.01. The third kappa shape index (κ3) is 5.07. The summed E-state index contributed by atoms with van der Waals surface area (Å²) < 4.78 is 27.1. The van der Waals surface area contributed by atoms with E-state index in [4.69, 9.17) is 32.9 Å². The minimum absolute atomic E-state index is 0.0719. The molecule has 0 fully saturated rings. The fourth-order valence-electron chi connectivity index (χ4n) is 2.41. The van der Waals surface area contributed by atoms with Crippen molar-refractivity contribution in [1.82, 2.24) is 0 Å². The fraction of sp³-hybridized carbons (Fsp3) is 0.250. The summed E-state index contributed by atoms with van der Waals surface area (Å²) in [5.41, 5.74) is -1.89. The zero-order chi connectivity index (χ0) is 22.7. The number of halogens is 4. The summed E-state index contributed by atoms with van der Waals surface area (Å²) in [5, 5.41) is 20.9. The van der Waals surface area contributed by atoms with Gasteiger partial charge in [-0.2, -0.15) is 18.5 Å². The van der Waals surface area contributed by atoms with Crippen molar-refractivity contribution in [1.29, 1.82) is 0 Å². The lowest BCUT2D eigenvalue weighted by Crippen LogP contribution is -2.16. The summed E-state index contributed by atoms with van der Waals surface area (Å²) in [6.45, 7) is 2.58. The normalized spacial score (nSPS) is 12.7. The van der Waals surface area contributed by atoms with E-state index in [2.05, 4.69) is 0 Å². The Labute approximate surface area is 176 Å². The van der Waals surface area contributed by atoms with Gasteiger partial charge in [0.05, 0.1) is 19.9 Å². The smallest absolute Gasteiger partial charge is 0.258 e. The van der Waals surface area contributed by atoms with Gasteiger partial charge in [0.2, 0.25) is 23.8 Å². The van der Waals surface area contributed by atoms with Crippen LogP contribution in [0.3, 0.4) is 0 Å². The molecule has 2 aromatic rings. The number of nitro groups is 2. The van der Waals surface area contributed by atoms with E-state index in [0.717, 1.165) is 12.1 Å². The van der Waals surface area contributed by atoms with Gasteiger partial charge in [-0.25, -0.2) is 0 Å². The topological polar surface area (TPSA) is 125 Å². The van der Waals surface area contributed by atoms with Gasteiger partial charge >= 0.3 is 16.5 Å². The Morgan fingerprint density at radius 1 is 0.800 bits per heavy atom. The van der Waals surface area contributed by atoms with Crippen molar-refractivity contribution in [2.75, 3.05) is 0 Å². The zero-order valence-electron chi connectivity index (χ0n) is 15.2. The van der Waals surface area contributed by atoms with E-state index >= 15 is 0 Å². The number of benzene rings is 2. The second-order valence-electron chi connectivity index (χ2n) is 5.88. The van der Waals surface area contributed by atoms with Gasteiger partial charge in [-0.1, -0.05) is 23.2 Å². The summed E-state index contributed by atoms with van der Waals surface area (Å²) in [6.07, 6.45) is -2.42.